The molecule has 19 nitrogen and oxygen atoms in total. The van der Waals surface area contributed by atoms with Gasteiger partial charge in [0.2, 0.25) is 0 Å². The number of aliphatic hydroxyl groups is 12. The van der Waals surface area contributed by atoms with E-state index in [-0.39, 0.29) is 47.2 Å². The summed E-state index contributed by atoms with van der Waals surface area (Å²) in [6, 6.07) is 0. The third kappa shape index (κ3) is 8.55. The van der Waals surface area contributed by atoms with Crippen molar-refractivity contribution in [2.45, 2.75) is 209 Å². The summed E-state index contributed by atoms with van der Waals surface area (Å²) in [7, 11) is 0. The van der Waals surface area contributed by atoms with Crippen LogP contribution in [0.1, 0.15) is 92.4 Å². The Balaban J connectivity index is 0.883. The maximum Gasteiger partial charge on any atom is 0.187 e. The van der Waals surface area contributed by atoms with Crippen LogP contribution in [0.2, 0.25) is 0 Å². The summed E-state index contributed by atoms with van der Waals surface area (Å²) in [6.45, 7) is 9.19. The molecule has 0 spiro atoms. The number of ether oxygens (including phenoxy) is 7. The van der Waals surface area contributed by atoms with Crippen LogP contribution in [-0.2, 0) is 33.2 Å². The second-order valence-electron chi connectivity index (χ2n) is 21.6. The van der Waals surface area contributed by atoms with Gasteiger partial charge in [-0.05, 0) is 105 Å². The fraction of sp³-hybridized carbons (Fsp3) is 1.00. The van der Waals surface area contributed by atoms with Crippen molar-refractivity contribution in [3.8, 4) is 0 Å². The van der Waals surface area contributed by atoms with Gasteiger partial charge in [0.05, 0.1) is 44.2 Å². The highest BCUT2D eigenvalue weighted by Gasteiger charge is 2.69. The van der Waals surface area contributed by atoms with E-state index in [1.807, 2.05) is 6.92 Å². The second kappa shape index (κ2) is 18.9. The highest BCUT2D eigenvalue weighted by Crippen LogP contribution is 2.71. The van der Waals surface area contributed by atoms with Crippen molar-refractivity contribution < 1.29 is 94.4 Å². The van der Waals surface area contributed by atoms with E-state index in [9.17, 15) is 61.3 Å². The largest absolute Gasteiger partial charge is 0.394 e. The minimum Gasteiger partial charge on any atom is -0.394 e. The molecular formula is C45H76O19. The second-order valence-corrected chi connectivity index (χ2v) is 21.6. The van der Waals surface area contributed by atoms with Crippen LogP contribution in [0.4, 0.5) is 0 Å². The van der Waals surface area contributed by atoms with Gasteiger partial charge in [0.25, 0.3) is 0 Å². The number of hydrogen-bond donors (Lipinski definition) is 12. The lowest BCUT2D eigenvalue weighted by Crippen LogP contribution is -2.65. The number of aliphatic hydroxyl groups excluding tert-OH is 11. The Kier molecular flexibility index (Phi) is 14.6. The fourth-order valence-corrected chi connectivity index (χ4v) is 14.1. The smallest absolute Gasteiger partial charge is 0.187 e. The Morgan fingerprint density at radius 3 is 2.00 bits per heavy atom. The molecular weight excluding hydrogens is 844 g/mol. The number of rotatable bonds is 12. The zero-order valence-corrected chi connectivity index (χ0v) is 37.6. The van der Waals surface area contributed by atoms with Crippen molar-refractivity contribution in [1.29, 1.82) is 0 Å². The third-order valence-electron chi connectivity index (χ3n) is 18.0. The summed E-state index contributed by atoms with van der Waals surface area (Å²) in [5.74, 6) is -0.0681. The standard InChI is InChI=1S/C45H76O19/c1-18(17-58-40-37(55)35(53)32(50)28(15-46)61-40)8-11-45(57)19(2)30-27(64-45)13-24-22-7-6-21-12-26(25(48)14-44(21,5)23(22)9-10-43(24,30)4)60-42-39(36(54)33(51)29(16-47)62-42)63-41-38(56)34(52)31(49)20(3)59-41/h18-42,46-57H,6-17H2,1-5H3/t18-,19+,20+,21+,22-,23+,24-,25-,26-,27-,28-,29-,30-,31+,32-,33-,34-,35+,36+,37-,38-,39-,40-,41+,42-,43+,44+,45+/m1/s1. The summed E-state index contributed by atoms with van der Waals surface area (Å²) in [6.07, 6.45) is -16.4. The molecule has 8 fully saturated rings. The van der Waals surface area contributed by atoms with Crippen LogP contribution in [-0.4, -0.2) is 197 Å². The van der Waals surface area contributed by atoms with Crippen molar-refractivity contribution in [2.24, 2.45) is 52.3 Å². The van der Waals surface area contributed by atoms with Gasteiger partial charge in [-0.3, -0.25) is 0 Å². The first-order valence-corrected chi connectivity index (χ1v) is 23.8. The number of hydrogen-bond acceptors (Lipinski definition) is 19. The molecule has 0 aromatic heterocycles. The molecule has 0 aromatic rings. The fourth-order valence-electron chi connectivity index (χ4n) is 14.1. The predicted octanol–water partition coefficient (Wildman–Crippen LogP) is -1.78. The predicted molar refractivity (Wildman–Crippen MR) is 219 cm³/mol. The van der Waals surface area contributed by atoms with Crippen LogP contribution < -0.4 is 0 Å². The molecule has 0 radical (unpaired) electrons. The van der Waals surface area contributed by atoms with Crippen LogP contribution >= 0.6 is 0 Å². The molecule has 8 rings (SSSR count). The highest BCUT2D eigenvalue weighted by molar-refractivity contribution is 5.15. The van der Waals surface area contributed by atoms with Gasteiger partial charge in [0.1, 0.15) is 67.1 Å². The summed E-state index contributed by atoms with van der Waals surface area (Å²) in [5.41, 5.74) is -0.263. The Labute approximate surface area is 374 Å². The molecule has 0 aromatic carbocycles. The van der Waals surface area contributed by atoms with Gasteiger partial charge in [0, 0.05) is 12.3 Å². The van der Waals surface area contributed by atoms with Crippen molar-refractivity contribution in [3.63, 3.8) is 0 Å². The molecule has 0 unspecified atom stereocenters. The Hall–Kier alpha value is -0.760. The molecule has 370 valence electrons. The monoisotopic (exact) mass is 920 g/mol. The van der Waals surface area contributed by atoms with Gasteiger partial charge in [0.15, 0.2) is 24.7 Å². The van der Waals surface area contributed by atoms with E-state index >= 15 is 0 Å². The van der Waals surface area contributed by atoms with Crippen LogP contribution in [0.3, 0.4) is 0 Å². The summed E-state index contributed by atoms with van der Waals surface area (Å²) < 4.78 is 41.9. The van der Waals surface area contributed by atoms with Gasteiger partial charge in [-0.25, -0.2) is 0 Å². The molecule has 28 atom stereocenters. The normalized spacial score (nSPS) is 56.8. The highest BCUT2D eigenvalue weighted by atomic mass is 16.8. The summed E-state index contributed by atoms with van der Waals surface area (Å²) >= 11 is 0. The quantitative estimate of drug-likeness (QED) is 0.0964. The van der Waals surface area contributed by atoms with Gasteiger partial charge in [-0.2, -0.15) is 0 Å². The van der Waals surface area contributed by atoms with E-state index in [4.69, 9.17) is 33.2 Å². The maximum atomic E-state index is 12.1. The van der Waals surface area contributed by atoms with Crippen LogP contribution in [0.25, 0.3) is 0 Å². The lowest BCUT2D eigenvalue weighted by Gasteiger charge is -2.62. The molecule has 0 bridgehead atoms. The van der Waals surface area contributed by atoms with E-state index in [0.29, 0.717) is 43.4 Å². The average molecular weight is 921 g/mol. The van der Waals surface area contributed by atoms with Gasteiger partial charge < -0.3 is 94.4 Å². The number of fused-ring (bicyclic) bond motifs is 7. The molecule has 4 aliphatic carbocycles. The molecule has 64 heavy (non-hydrogen) atoms. The van der Waals surface area contributed by atoms with Gasteiger partial charge in [-0.15, -0.1) is 0 Å². The maximum absolute atomic E-state index is 12.1. The Morgan fingerprint density at radius 1 is 0.672 bits per heavy atom. The molecule has 8 aliphatic rings. The van der Waals surface area contributed by atoms with Crippen LogP contribution in [0.15, 0.2) is 0 Å². The Morgan fingerprint density at radius 2 is 1.31 bits per heavy atom. The molecule has 0 amide bonds. The zero-order chi connectivity index (χ0) is 46.4. The van der Waals surface area contributed by atoms with E-state index in [0.717, 1.165) is 32.1 Å². The van der Waals surface area contributed by atoms with E-state index in [1.54, 1.807) is 0 Å². The first kappa shape index (κ1) is 49.7. The van der Waals surface area contributed by atoms with E-state index in [1.165, 1.54) is 6.92 Å². The van der Waals surface area contributed by atoms with Crippen molar-refractivity contribution in [3.05, 3.63) is 0 Å². The zero-order valence-electron chi connectivity index (χ0n) is 37.6. The minimum absolute atomic E-state index is 0.0563. The van der Waals surface area contributed by atoms with Crippen LogP contribution in [0, 0.1) is 52.3 Å². The molecule has 4 heterocycles. The van der Waals surface area contributed by atoms with Crippen LogP contribution in [0.5, 0.6) is 0 Å². The first-order chi connectivity index (χ1) is 30.2. The third-order valence-corrected chi connectivity index (χ3v) is 18.0. The van der Waals surface area contributed by atoms with Crippen molar-refractivity contribution in [1.82, 2.24) is 0 Å². The van der Waals surface area contributed by atoms with Gasteiger partial charge in [-0.1, -0.05) is 27.7 Å². The molecule has 4 aliphatic heterocycles. The lowest BCUT2D eigenvalue weighted by molar-refractivity contribution is -0.374. The summed E-state index contributed by atoms with van der Waals surface area (Å²) in [4.78, 5) is 0. The summed E-state index contributed by atoms with van der Waals surface area (Å²) in [5, 5.41) is 127. The van der Waals surface area contributed by atoms with Gasteiger partial charge >= 0.3 is 0 Å². The molecule has 12 N–H and O–H groups in total. The first-order valence-electron chi connectivity index (χ1n) is 23.8. The van der Waals surface area contributed by atoms with E-state index < -0.39 is 123 Å². The van der Waals surface area contributed by atoms with E-state index in [2.05, 4.69) is 20.8 Å². The average Bonchev–Trinajstić information content (AvgIpc) is 3.70. The minimum atomic E-state index is -1.70. The topological polar surface area (TPSA) is 307 Å². The molecule has 19 heteroatoms. The lowest BCUT2D eigenvalue weighted by atomic mass is 9.44. The molecule has 4 saturated carbocycles. The SMILES string of the molecule is C[C@H](CC[C@]1(O)O[C@@H]2C[C@@H]3[C@@H]4CC[C@H]5C[C@@H](O[C@@H]6O[C@H](CO)[C@@H](O)[C@H](O)[C@H]6O[C@@H]6O[C@@H](C)[C@H](O)[C@@H](O)[C@H]6O)[C@H](O)C[C@]5(C)[C@H]4CC[C@]3(C)[C@@H]2[C@@H]1C)CO[C@@H]1O[C@H](CO)[C@@H](O)[C@H](O)[C@H]1O. The molecule has 4 saturated heterocycles. The van der Waals surface area contributed by atoms with Crippen molar-refractivity contribution >= 4 is 0 Å². The Bertz CT molecular complexity index is 1580. The van der Waals surface area contributed by atoms with Crippen molar-refractivity contribution in [2.75, 3.05) is 19.8 Å².